The van der Waals surface area contributed by atoms with Crippen molar-refractivity contribution >= 4 is 17.5 Å². The van der Waals surface area contributed by atoms with Crippen LogP contribution in [-0.4, -0.2) is 51.5 Å². The van der Waals surface area contributed by atoms with Crippen LogP contribution in [0, 0.1) is 11.8 Å². The number of likely N-dealkylation sites (N-methyl/N-ethyl adjacent to an activating group) is 1. The average Bonchev–Trinajstić information content (AvgIpc) is 3.35. The fourth-order valence-electron chi connectivity index (χ4n) is 3.74. The summed E-state index contributed by atoms with van der Waals surface area (Å²) in [5.41, 5.74) is 3.24. The lowest BCUT2D eigenvalue weighted by Gasteiger charge is -2.20. The molecule has 4 aromatic rings. The second-order valence-electron chi connectivity index (χ2n) is 8.20. The molecule has 0 bridgehead atoms. The van der Waals surface area contributed by atoms with E-state index in [2.05, 4.69) is 32.5 Å². The van der Waals surface area contributed by atoms with Crippen molar-refractivity contribution < 1.29 is 14.3 Å². The van der Waals surface area contributed by atoms with Gasteiger partial charge in [0, 0.05) is 30.6 Å². The number of anilines is 1. The van der Waals surface area contributed by atoms with Crippen LogP contribution in [-0.2, 0) is 11.3 Å². The van der Waals surface area contributed by atoms with Crippen LogP contribution in [0.15, 0.2) is 79.3 Å². The first kappa shape index (κ1) is 22.8. The van der Waals surface area contributed by atoms with Gasteiger partial charge in [-0.25, -0.2) is 4.68 Å². The molecular weight excluding hydrogens is 456 g/mol. The van der Waals surface area contributed by atoms with E-state index in [-0.39, 0.29) is 18.2 Å². The van der Waals surface area contributed by atoms with Crippen molar-refractivity contribution in [1.29, 1.82) is 0 Å². The summed E-state index contributed by atoms with van der Waals surface area (Å²) >= 11 is 0. The highest BCUT2D eigenvalue weighted by molar-refractivity contribution is 6.02. The molecule has 2 amide bonds. The number of amides is 2. The van der Waals surface area contributed by atoms with Gasteiger partial charge in [-0.15, -0.1) is 5.10 Å². The summed E-state index contributed by atoms with van der Waals surface area (Å²) in [7, 11) is 1.64. The molecule has 0 aliphatic carbocycles. The van der Waals surface area contributed by atoms with Crippen molar-refractivity contribution in [3.8, 4) is 17.6 Å². The number of fused-ring (bicyclic) bond motifs is 1. The Morgan fingerprint density at radius 2 is 1.94 bits per heavy atom. The number of nitrogens with zero attached hydrogens (tertiary/aromatic N) is 5. The van der Waals surface area contributed by atoms with Gasteiger partial charge in [0.1, 0.15) is 18.4 Å². The van der Waals surface area contributed by atoms with Gasteiger partial charge in [-0.2, -0.15) is 0 Å². The van der Waals surface area contributed by atoms with Gasteiger partial charge in [0.15, 0.2) is 5.69 Å². The molecule has 9 heteroatoms. The first-order valence-corrected chi connectivity index (χ1v) is 11.3. The Morgan fingerprint density at radius 3 is 2.75 bits per heavy atom. The molecule has 1 unspecified atom stereocenters. The van der Waals surface area contributed by atoms with Crippen LogP contribution in [0.5, 0.6) is 5.75 Å². The number of carbonyl (C=O) groups is 2. The minimum Gasteiger partial charge on any atom is -0.489 e. The highest BCUT2D eigenvalue weighted by atomic mass is 16.5. The molecule has 5 rings (SSSR count). The second kappa shape index (κ2) is 10.1. The average molecular weight is 479 g/mol. The Balaban J connectivity index is 1.28. The standard InChI is InChI=1S/C27H22N6O3/c1-32-24-14-19(9-10-20-8-5-13-28-15-20)11-12-25(24)36-18-23(27(32)35)29-26(34)22-17-33(31-30-22)16-21-6-3-2-4-7-21/h2-8,11-15,17,23H,16,18H2,1H3,(H,29,34). The Morgan fingerprint density at radius 1 is 1.11 bits per heavy atom. The molecule has 1 atom stereocenters. The van der Waals surface area contributed by atoms with E-state index in [1.165, 1.54) is 4.90 Å². The van der Waals surface area contributed by atoms with E-state index >= 15 is 0 Å². The van der Waals surface area contributed by atoms with E-state index in [4.69, 9.17) is 4.74 Å². The van der Waals surface area contributed by atoms with E-state index < -0.39 is 11.9 Å². The van der Waals surface area contributed by atoms with Crippen molar-refractivity contribution in [2.75, 3.05) is 18.6 Å². The zero-order valence-corrected chi connectivity index (χ0v) is 19.5. The fraction of sp³-hybridized carbons (Fsp3) is 0.148. The lowest BCUT2D eigenvalue weighted by Crippen LogP contribution is -2.49. The number of hydrogen-bond acceptors (Lipinski definition) is 6. The number of carbonyl (C=O) groups excluding carboxylic acids is 2. The SMILES string of the molecule is CN1C(=O)C(NC(=O)c2cn(Cc3ccccc3)nn2)COc2ccc(C#Cc3cccnc3)cc21. The number of pyridine rings is 1. The normalized spacial score (nSPS) is 14.6. The van der Waals surface area contributed by atoms with E-state index in [1.54, 1.807) is 42.5 Å². The smallest absolute Gasteiger partial charge is 0.274 e. The van der Waals surface area contributed by atoms with Gasteiger partial charge in [0.05, 0.1) is 18.4 Å². The topological polar surface area (TPSA) is 102 Å². The van der Waals surface area contributed by atoms with Gasteiger partial charge in [-0.3, -0.25) is 14.6 Å². The summed E-state index contributed by atoms with van der Waals surface area (Å²) in [5, 5.41) is 10.7. The molecular formula is C27H22N6O3. The highest BCUT2D eigenvalue weighted by Gasteiger charge is 2.31. The summed E-state index contributed by atoms with van der Waals surface area (Å²) < 4.78 is 7.44. The zero-order chi connectivity index (χ0) is 24.9. The number of nitrogens with one attached hydrogen (secondary N) is 1. The number of benzene rings is 2. The zero-order valence-electron chi connectivity index (χ0n) is 19.5. The van der Waals surface area contributed by atoms with Crippen LogP contribution in [0.25, 0.3) is 0 Å². The maximum absolute atomic E-state index is 13.2. The Bertz CT molecular complexity index is 1460. The van der Waals surface area contributed by atoms with E-state index in [1.807, 2.05) is 48.5 Å². The number of hydrogen-bond donors (Lipinski definition) is 1. The Hall–Kier alpha value is -4.97. The first-order valence-electron chi connectivity index (χ1n) is 11.3. The predicted molar refractivity (Wildman–Crippen MR) is 132 cm³/mol. The molecule has 2 aromatic carbocycles. The third-order valence-electron chi connectivity index (χ3n) is 5.63. The summed E-state index contributed by atoms with van der Waals surface area (Å²) in [6, 6.07) is 17.9. The first-order chi connectivity index (χ1) is 17.6. The van der Waals surface area contributed by atoms with Crippen LogP contribution < -0.4 is 15.0 Å². The Kier molecular flexibility index (Phi) is 6.40. The van der Waals surface area contributed by atoms with Crippen molar-refractivity contribution in [3.05, 3.63) is 102 Å². The molecule has 0 fully saturated rings. The minimum atomic E-state index is -0.890. The van der Waals surface area contributed by atoms with Crippen molar-refractivity contribution in [1.82, 2.24) is 25.3 Å². The second-order valence-corrected chi connectivity index (χ2v) is 8.20. The summed E-state index contributed by atoms with van der Waals surface area (Å²) in [6.07, 6.45) is 4.92. The quantitative estimate of drug-likeness (QED) is 0.452. The number of rotatable bonds is 4. The van der Waals surface area contributed by atoms with Crippen LogP contribution in [0.4, 0.5) is 5.69 Å². The van der Waals surface area contributed by atoms with Gasteiger partial charge in [-0.1, -0.05) is 47.4 Å². The fourth-order valence-corrected chi connectivity index (χ4v) is 3.74. The molecule has 9 nitrogen and oxygen atoms in total. The van der Waals surface area contributed by atoms with Crippen LogP contribution in [0.2, 0.25) is 0 Å². The molecule has 0 spiro atoms. The highest BCUT2D eigenvalue weighted by Crippen LogP contribution is 2.31. The molecule has 2 aromatic heterocycles. The molecule has 0 saturated carbocycles. The molecule has 0 radical (unpaired) electrons. The van der Waals surface area contributed by atoms with Crippen molar-refractivity contribution in [2.45, 2.75) is 12.6 Å². The predicted octanol–water partition coefficient (Wildman–Crippen LogP) is 2.27. The maximum atomic E-state index is 13.2. The van der Waals surface area contributed by atoms with Crippen molar-refractivity contribution in [3.63, 3.8) is 0 Å². The Labute approximate surface area is 207 Å². The monoisotopic (exact) mass is 478 g/mol. The van der Waals surface area contributed by atoms with Gasteiger partial charge >= 0.3 is 0 Å². The molecule has 1 aliphatic rings. The minimum absolute atomic E-state index is 0.0131. The van der Waals surface area contributed by atoms with E-state index in [0.29, 0.717) is 18.0 Å². The number of ether oxygens (including phenoxy) is 1. The van der Waals surface area contributed by atoms with Crippen LogP contribution in [0.3, 0.4) is 0 Å². The summed E-state index contributed by atoms with van der Waals surface area (Å²) in [5.74, 6) is 5.85. The third-order valence-corrected chi connectivity index (χ3v) is 5.63. The van der Waals surface area contributed by atoms with Crippen LogP contribution in [0.1, 0.15) is 27.2 Å². The van der Waals surface area contributed by atoms with Crippen LogP contribution >= 0.6 is 0 Å². The molecule has 36 heavy (non-hydrogen) atoms. The van der Waals surface area contributed by atoms with Gasteiger partial charge in [0.25, 0.3) is 11.8 Å². The van der Waals surface area contributed by atoms with Gasteiger partial charge in [-0.05, 0) is 35.9 Å². The number of aromatic nitrogens is 4. The third kappa shape index (κ3) is 5.08. The van der Waals surface area contributed by atoms with Gasteiger partial charge in [0.2, 0.25) is 0 Å². The molecule has 1 aliphatic heterocycles. The van der Waals surface area contributed by atoms with E-state index in [0.717, 1.165) is 16.7 Å². The molecule has 3 heterocycles. The van der Waals surface area contributed by atoms with Crippen molar-refractivity contribution in [2.24, 2.45) is 0 Å². The lowest BCUT2D eigenvalue weighted by atomic mass is 10.1. The summed E-state index contributed by atoms with van der Waals surface area (Å²) in [6.45, 7) is 0.470. The van der Waals surface area contributed by atoms with E-state index in [9.17, 15) is 9.59 Å². The van der Waals surface area contributed by atoms with Gasteiger partial charge < -0.3 is 15.0 Å². The molecule has 0 saturated heterocycles. The maximum Gasteiger partial charge on any atom is 0.274 e. The molecule has 178 valence electrons. The summed E-state index contributed by atoms with van der Waals surface area (Å²) in [4.78, 5) is 31.5. The molecule has 1 N–H and O–H groups in total. The lowest BCUT2D eigenvalue weighted by molar-refractivity contribution is -0.120. The largest absolute Gasteiger partial charge is 0.489 e.